The molecule has 0 radical (unpaired) electrons. The van der Waals surface area contributed by atoms with Crippen molar-refractivity contribution in [3.05, 3.63) is 102 Å². The number of benzene rings is 3. The minimum Gasteiger partial charge on any atom is -0.497 e. The molecule has 0 saturated carbocycles. The summed E-state index contributed by atoms with van der Waals surface area (Å²) in [6.07, 6.45) is 1.53. The highest BCUT2D eigenvalue weighted by Gasteiger charge is 2.29. The predicted octanol–water partition coefficient (Wildman–Crippen LogP) is 4.40. The van der Waals surface area contributed by atoms with Crippen LogP contribution in [0.5, 0.6) is 5.75 Å². The lowest BCUT2D eigenvalue weighted by molar-refractivity contribution is -0.141. The van der Waals surface area contributed by atoms with Gasteiger partial charge in [-0.1, -0.05) is 79.7 Å². The van der Waals surface area contributed by atoms with Crippen LogP contribution < -0.4 is 10.1 Å². The zero-order chi connectivity index (χ0) is 23.5. The molecule has 0 fully saturated rings. The number of hydrogen-bond acceptors (Lipinski definition) is 3. The van der Waals surface area contributed by atoms with E-state index in [1.54, 1.807) is 12.0 Å². The molecule has 5 heteroatoms. The molecule has 0 aliphatic rings. The summed E-state index contributed by atoms with van der Waals surface area (Å²) in [7, 11) is 1.62. The Kier molecular flexibility index (Phi) is 9.07. The Bertz CT molecular complexity index is 1000. The van der Waals surface area contributed by atoms with Gasteiger partial charge in [0, 0.05) is 25.9 Å². The maximum absolute atomic E-state index is 13.4. The molecule has 0 spiro atoms. The Morgan fingerprint density at radius 3 is 2.03 bits per heavy atom. The molecule has 3 aromatic carbocycles. The number of carbonyl (C=O) groups excluding carboxylic acids is 2. The molecule has 2 amide bonds. The first-order valence-electron chi connectivity index (χ1n) is 11.4. The van der Waals surface area contributed by atoms with Gasteiger partial charge in [-0.2, -0.15) is 0 Å². The number of nitrogens with zero attached hydrogens (tertiary/aromatic N) is 1. The lowest BCUT2D eigenvalue weighted by Crippen LogP contribution is -2.50. The van der Waals surface area contributed by atoms with Crippen molar-refractivity contribution in [2.45, 2.75) is 38.8 Å². The maximum Gasteiger partial charge on any atom is 0.243 e. The smallest absolute Gasteiger partial charge is 0.243 e. The first-order valence-corrected chi connectivity index (χ1v) is 11.4. The van der Waals surface area contributed by atoms with E-state index in [0.29, 0.717) is 25.9 Å². The van der Waals surface area contributed by atoms with E-state index in [2.05, 4.69) is 5.32 Å². The molecule has 3 rings (SSSR count). The fraction of sp³-hybridized carbons (Fsp3) is 0.286. The third-order valence-electron chi connectivity index (χ3n) is 5.64. The molecule has 3 aromatic rings. The number of methoxy groups -OCH3 is 1. The van der Waals surface area contributed by atoms with E-state index in [0.717, 1.165) is 28.9 Å². The average Bonchev–Trinajstić information content (AvgIpc) is 2.87. The van der Waals surface area contributed by atoms with Crippen LogP contribution in [0.25, 0.3) is 0 Å². The third-order valence-corrected chi connectivity index (χ3v) is 5.64. The first-order chi connectivity index (χ1) is 16.1. The Labute approximate surface area is 196 Å². The molecule has 0 aromatic heterocycles. The van der Waals surface area contributed by atoms with E-state index in [1.165, 1.54) is 0 Å². The lowest BCUT2D eigenvalue weighted by Gasteiger charge is -2.31. The van der Waals surface area contributed by atoms with E-state index < -0.39 is 6.04 Å². The molecule has 33 heavy (non-hydrogen) atoms. The number of hydrogen-bond donors (Lipinski definition) is 1. The molecule has 5 nitrogen and oxygen atoms in total. The topological polar surface area (TPSA) is 58.6 Å². The van der Waals surface area contributed by atoms with Crippen LogP contribution in [-0.2, 0) is 29.0 Å². The summed E-state index contributed by atoms with van der Waals surface area (Å²) in [6, 6.07) is 26.9. The zero-order valence-electron chi connectivity index (χ0n) is 19.4. The largest absolute Gasteiger partial charge is 0.497 e. The molecule has 0 bridgehead atoms. The van der Waals surface area contributed by atoms with Gasteiger partial charge < -0.3 is 15.0 Å². The molecule has 0 aliphatic heterocycles. The van der Waals surface area contributed by atoms with Crippen LogP contribution in [0.2, 0.25) is 0 Å². The fourth-order valence-electron chi connectivity index (χ4n) is 3.78. The van der Waals surface area contributed by atoms with Gasteiger partial charge in [0.15, 0.2) is 0 Å². The highest BCUT2D eigenvalue weighted by molar-refractivity contribution is 5.88. The molecule has 0 unspecified atom stereocenters. The summed E-state index contributed by atoms with van der Waals surface area (Å²) in [5, 5.41) is 3.06. The summed E-state index contributed by atoms with van der Waals surface area (Å²) in [5.41, 5.74) is 3.13. The van der Waals surface area contributed by atoms with E-state index in [9.17, 15) is 9.59 Å². The van der Waals surface area contributed by atoms with Gasteiger partial charge in [0.05, 0.1) is 7.11 Å². The summed E-state index contributed by atoms with van der Waals surface area (Å²) >= 11 is 0. The number of nitrogens with one attached hydrogen (secondary N) is 1. The Morgan fingerprint density at radius 1 is 0.848 bits per heavy atom. The van der Waals surface area contributed by atoms with Crippen LogP contribution in [0.4, 0.5) is 0 Å². The second-order valence-corrected chi connectivity index (χ2v) is 7.96. The number of amides is 2. The first kappa shape index (κ1) is 24.1. The standard InChI is InChI=1S/C28H32N2O3/c1-3-27(31)30(21-24-14-16-25(33-2)17-15-24)26(20-23-12-8-5-9-13-23)28(32)29-19-18-22-10-6-4-7-11-22/h4-17,26H,3,18-21H2,1-2H3,(H,29,32)/t26-/m0/s1. The Hall–Kier alpha value is -3.60. The van der Waals surface area contributed by atoms with Gasteiger partial charge in [0.2, 0.25) is 11.8 Å². The SMILES string of the molecule is CCC(=O)N(Cc1ccc(OC)cc1)[C@@H](Cc1ccccc1)C(=O)NCCc1ccccc1. The molecular weight excluding hydrogens is 412 g/mol. The number of rotatable bonds is 11. The van der Waals surface area contributed by atoms with E-state index in [-0.39, 0.29) is 11.8 Å². The van der Waals surface area contributed by atoms with E-state index in [1.807, 2.05) is 91.9 Å². The van der Waals surface area contributed by atoms with Gasteiger partial charge in [-0.05, 0) is 35.2 Å². The molecule has 0 heterocycles. The number of ether oxygens (including phenoxy) is 1. The van der Waals surface area contributed by atoms with Crippen molar-refractivity contribution in [3.63, 3.8) is 0 Å². The van der Waals surface area contributed by atoms with Crippen LogP contribution in [-0.4, -0.2) is 36.4 Å². The van der Waals surface area contributed by atoms with Crippen molar-refractivity contribution in [2.75, 3.05) is 13.7 Å². The van der Waals surface area contributed by atoms with Gasteiger partial charge >= 0.3 is 0 Å². The van der Waals surface area contributed by atoms with Crippen LogP contribution in [0, 0.1) is 0 Å². The minimum atomic E-state index is -0.599. The van der Waals surface area contributed by atoms with Crippen molar-refractivity contribution in [2.24, 2.45) is 0 Å². The van der Waals surface area contributed by atoms with Gasteiger partial charge in [-0.15, -0.1) is 0 Å². The normalized spacial score (nSPS) is 11.5. The summed E-state index contributed by atoms with van der Waals surface area (Å²) < 4.78 is 5.24. The number of carbonyl (C=O) groups is 2. The molecule has 1 N–H and O–H groups in total. The Balaban J connectivity index is 1.79. The predicted molar refractivity (Wildman–Crippen MR) is 131 cm³/mol. The van der Waals surface area contributed by atoms with Crippen LogP contribution in [0.1, 0.15) is 30.0 Å². The highest BCUT2D eigenvalue weighted by atomic mass is 16.5. The van der Waals surface area contributed by atoms with Gasteiger partial charge in [0.1, 0.15) is 11.8 Å². The second-order valence-electron chi connectivity index (χ2n) is 7.96. The summed E-state index contributed by atoms with van der Waals surface area (Å²) in [6.45, 7) is 2.71. The van der Waals surface area contributed by atoms with Gasteiger partial charge in [0.25, 0.3) is 0 Å². The molecule has 172 valence electrons. The Morgan fingerprint density at radius 2 is 1.45 bits per heavy atom. The maximum atomic E-state index is 13.4. The lowest BCUT2D eigenvalue weighted by atomic mass is 10.0. The van der Waals surface area contributed by atoms with Crippen molar-refractivity contribution in [1.82, 2.24) is 10.2 Å². The minimum absolute atomic E-state index is 0.0510. The molecular formula is C28H32N2O3. The van der Waals surface area contributed by atoms with Gasteiger partial charge in [-0.3, -0.25) is 9.59 Å². The molecule has 0 aliphatic carbocycles. The molecule has 1 atom stereocenters. The van der Waals surface area contributed by atoms with Crippen molar-refractivity contribution in [1.29, 1.82) is 0 Å². The monoisotopic (exact) mass is 444 g/mol. The summed E-state index contributed by atoms with van der Waals surface area (Å²) in [4.78, 5) is 28.1. The fourth-order valence-corrected chi connectivity index (χ4v) is 3.78. The van der Waals surface area contributed by atoms with Crippen LogP contribution in [0.3, 0.4) is 0 Å². The highest BCUT2D eigenvalue weighted by Crippen LogP contribution is 2.18. The van der Waals surface area contributed by atoms with Gasteiger partial charge in [-0.25, -0.2) is 0 Å². The molecule has 0 saturated heterocycles. The zero-order valence-corrected chi connectivity index (χ0v) is 19.4. The quantitative estimate of drug-likeness (QED) is 0.477. The average molecular weight is 445 g/mol. The van der Waals surface area contributed by atoms with E-state index in [4.69, 9.17) is 4.74 Å². The van der Waals surface area contributed by atoms with Crippen molar-refractivity contribution >= 4 is 11.8 Å². The van der Waals surface area contributed by atoms with Crippen LogP contribution in [0.15, 0.2) is 84.9 Å². The van der Waals surface area contributed by atoms with Crippen molar-refractivity contribution in [3.8, 4) is 5.75 Å². The van der Waals surface area contributed by atoms with Crippen molar-refractivity contribution < 1.29 is 14.3 Å². The summed E-state index contributed by atoms with van der Waals surface area (Å²) in [5.74, 6) is 0.571. The third kappa shape index (κ3) is 7.21. The van der Waals surface area contributed by atoms with E-state index >= 15 is 0 Å². The van der Waals surface area contributed by atoms with Crippen LogP contribution >= 0.6 is 0 Å². The second kappa shape index (κ2) is 12.4.